The minimum atomic E-state index is -3.67. The molecular formula is C30H35ClF2N4O6S2. The molecule has 3 aliphatic rings. The number of ether oxygens (including phenoxy) is 2. The fraction of sp³-hybridized carbons (Fsp3) is 0.533. The Hall–Kier alpha value is -2.94. The smallest absolute Gasteiger partial charge is 0.338 e. The standard InChI is InChI=1S/C30H35ClF2N4O6S2/c1-5-42-29(39)21-24(35-26(27-34-10-13-44-27)36-25(21)19-6-7-20(32)23(33)22(19)31)16-8-11-37(12-9-16)45(40,41)18-14-17(15-18)28(38)43-30(2,3)4/h6-7,10,13,16-18,25H,5,8-9,11-12,14-15H2,1-4H3,(H,35,36)/t17-,18-,25?. The van der Waals surface area contributed by atoms with E-state index in [4.69, 9.17) is 21.1 Å². The number of aromatic nitrogens is 1. The molecule has 1 aliphatic carbocycles. The van der Waals surface area contributed by atoms with Crippen LogP contribution in [0.5, 0.6) is 0 Å². The molecule has 244 valence electrons. The number of aliphatic imine (C=N–C) groups is 1. The highest BCUT2D eigenvalue weighted by Gasteiger charge is 2.47. The number of nitrogens with zero attached hydrogens (tertiary/aromatic N) is 3. The predicted molar refractivity (Wildman–Crippen MR) is 165 cm³/mol. The van der Waals surface area contributed by atoms with Gasteiger partial charge in [-0.1, -0.05) is 17.7 Å². The molecule has 1 atom stereocenters. The molecule has 45 heavy (non-hydrogen) atoms. The van der Waals surface area contributed by atoms with Gasteiger partial charge in [-0.2, -0.15) is 0 Å². The molecule has 1 N–H and O–H groups in total. The molecule has 0 radical (unpaired) electrons. The average Bonchev–Trinajstić information content (AvgIpc) is 3.49. The normalized spacial score (nSPS) is 23.2. The van der Waals surface area contributed by atoms with Crippen molar-refractivity contribution in [1.29, 1.82) is 0 Å². The summed E-state index contributed by atoms with van der Waals surface area (Å²) >= 11 is 7.56. The summed E-state index contributed by atoms with van der Waals surface area (Å²) < 4.78 is 67.8. The van der Waals surface area contributed by atoms with E-state index in [1.54, 1.807) is 39.3 Å². The quantitative estimate of drug-likeness (QED) is 0.299. The van der Waals surface area contributed by atoms with Crippen molar-refractivity contribution < 1.29 is 36.3 Å². The van der Waals surface area contributed by atoms with E-state index in [-0.39, 0.29) is 55.6 Å². The van der Waals surface area contributed by atoms with E-state index < -0.39 is 55.5 Å². The Bertz CT molecular complexity index is 1630. The Morgan fingerprint density at radius 2 is 1.87 bits per heavy atom. The van der Waals surface area contributed by atoms with E-state index in [2.05, 4.69) is 15.3 Å². The largest absolute Gasteiger partial charge is 0.463 e. The van der Waals surface area contributed by atoms with Crippen LogP contribution in [-0.4, -0.2) is 66.0 Å². The van der Waals surface area contributed by atoms with Crippen LogP contribution in [0.25, 0.3) is 0 Å². The number of piperidine rings is 1. The van der Waals surface area contributed by atoms with Gasteiger partial charge in [0.1, 0.15) is 11.6 Å². The molecule has 0 spiro atoms. The van der Waals surface area contributed by atoms with Gasteiger partial charge in [0.05, 0.1) is 28.4 Å². The second kappa shape index (κ2) is 13.0. The van der Waals surface area contributed by atoms with Crippen LogP contribution in [0.15, 0.2) is 40.0 Å². The first-order valence-corrected chi connectivity index (χ1v) is 17.5. The highest BCUT2D eigenvalue weighted by Crippen LogP contribution is 2.42. The molecule has 2 aromatic rings. The fourth-order valence-corrected chi connectivity index (χ4v) is 8.68. The molecule has 0 amide bonds. The topological polar surface area (TPSA) is 127 Å². The molecule has 2 fully saturated rings. The van der Waals surface area contributed by atoms with Gasteiger partial charge < -0.3 is 14.8 Å². The van der Waals surface area contributed by atoms with Crippen molar-refractivity contribution in [2.24, 2.45) is 16.8 Å². The van der Waals surface area contributed by atoms with Crippen molar-refractivity contribution in [3.63, 3.8) is 0 Å². The zero-order chi connectivity index (χ0) is 32.7. The van der Waals surface area contributed by atoms with Crippen molar-refractivity contribution in [1.82, 2.24) is 14.6 Å². The van der Waals surface area contributed by atoms with Crippen LogP contribution < -0.4 is 5.32 Å². The van der Waals surface area contributed by atoms with E-state index in [9.17, 15) is 26.8 Å². The van der Waals surface area contributed by atoms with Crippen LogP contribution in [0.3, 0.4) is 0 Å². The number of thiazole rings is 1. The lowest BCUT2D eigenvalue weighted by molar-refractivity contribution is -0.162. The van der Waals surface area contributed by atoms with Crippen LogP contribution in [0.2, 0.25) is 5.02 Å². The Morgan fingerprint density at radius 3 is 2.47 bits per heavy atom. The lowest BCUT2D eigenvalue weighted by Crippen LogP contribution is -2.50. The number of allylic oxidation sites excluding steroid dienone is 1. The van der Waals surface area contributed by atoms with Crippen molar-refractivity contribution in [2.45, 2.75) is 70.3 Å². The van der Waals surface area contributed by atoms with Crippen LogP contribution in [0, 0.1) is 23.5 Å². The zero-order valence-electron chi connectivity index (χ0n) is 25.3. The number of halogens is 3. The Morgan fingerprint density at radius 1 is 1.18 bits per heavy atom. The number of carbonyl (C=O) groups excluding carboxylic acids is 2. The summed E-state index contributed by atoms with van der Waals surface area (Å²) in [7, 11) is -3.67. The van der Waals surface area contributed by atoms with Crippen molar-refractivity contribution in [2.75, 3.05) is 19.7 Å². The molecule has 10 nitrogen and oxygen atoms in total. The molecule has 1 aromatic carbocycles. The summed E-state index contributed by atoms with van der Waals surface area (Å²) in [5, 5.41) is 4.32. The van der Waals surface area contributed by atoms with E-state index in [0.29, 0.717) is 29.4 Å². The number of hydrogen-bond acceptors (Lipinski definition) is 10. The third-order valence-corrected chi connectivity index (χ3v) is 11.5. The average molecular weight is 685 g/mol. The number of hydrogen-bond donors (Lipinski definition) is 1. The van der Waals surface area contributed by atoms with Crippen molar-refractivity contribution in [3.05, 3.63) is 62.2 Å². The third kappa shape index (κ3) is 6.93. The highest BCUT2D eigenvalue weighted by molar-refractivity contribution is 7.89. The molecule has 3 heterocycles. The monoisotopic (exact) mass is 684 g/mol. The van der Waals surface area contributed by atoms with Gasteiger partial charge in [-0.15, -0.1) is 11.3 Å². The van der Waals surface area contributed by atoms with Gasteiger partial charge in [0.15, 0.2) is 22.5 Å². The molecule has 1 aromatic heterocycles. The van der Waals surface area contributed by atoms with Crippen molar-refractivity contribution in [3.8, 4) is 0 Å². The molecular weight excluding hydrogens is 650 g/mol. The number of amidine groups is 1. The highest BCUT2D eigenvalue weighted by atomic mass is 35.5. The van der Waals surface area contributed by atoms with E-state index in [1.165, 1.54) is 21.7 Å². The van der Waals surface area contributed by atoms with E-state index in [0.717, 1.165) is 6.07 Å². The van der Waals surface area contributed by atoms with Gasteiger partial charge in [0.2, 0.25) is 10.0 Å². The second-order valence-corrected chi connectivity index (χ2v) is 15.7. The zero-order valence-corrected chi connectivity index (χ0v) is 27.7. The molecule has 2 aliphatic heterocycles. The van der Waals surface area contributed by atoms with Gasteiger partial charge in [0.25, 0.3) is 0 Å². The predicted octanol–water partition coefficient (Wildman–Crippen LogP) is 5.15. The van der Waals surface area contributed by atoms with Crippen molar-refractivity contribution >= 4 is 50.7 Å². The maximum absolute atomic E-state index is 14.6. The van der Waals surface area contributed by atoms with E-state index in [1.807, 2.05) is 0 Å². The first kappa shape index (κ1) is 33.4. The Balaban J connectivity index is 1.41. The summed E-state index contributed by atoms with van der Waals surface area (Å²) in [4.78, 5) is 34.9. The molecule has 1 unspecified atom stereocenters. The van der Waals surface area contributed by atoms with Crippen LogP contribution in [0.4, 0.5) is 8.78 Å². The fourth-order valence-electron chi connectivity index (χ4n) is 5.74. The lowest BCUT2D eigenvalue weighted by atomic mass is 9.85. The first-order chi connectivity index (χ1) is 21.2. The number of benzene rings is 1. The minimum absolute atomic E-state index is 0.0548. The number of rotatable bonds is 8. The number of esters is 2. The summed E-state index contributed by atoms with van der Waals surface area (Å²) in [6.07, 6.45) is 2.72. The summed E-state index contributed by atoms with van der Waals surface area (Å²) in [6, 6.07) is 1.08. The molecule has 0 bridgehead atoms. The molecule has 5 rings (SSSR count). The Labute approximate surface area is 269 Å². The maximum Gasteiger partial charge on any atom is 0.338 e. The van der Waals surface area contributed by atoms with Crippen LogP contribution >= 0.6 is 22.9 Å². The summed E-state index contributed by atoms with van der Waals surface area (Å²) in [6.45, 7) is 7.38. The first-order valence-electron chi connectivity index (χ1n) is 14.7. The van der Waals surface area contributed by atoms with Gasteiger partial charge >= 0.3 is 11.9 Å². The summed E-state index contributed by atoms with van der Waals surface area (Å²) in [5.41, 5.74) is -0.0288. The van der Waals surface area contributed by atoms with E-state index >= 15 is 0 Å². The molecule has 1 saturated heterocycles. The number of carbonyl (C=O) groups is 2. The minimum Gasteiger partial charge on any atom is -0.463 e. The third-order valence-electron chi connectivity index (χ3n) is 8.04. The number of nitrogens with one attached hydrogen (secondary N) is 1. The molecule has 15 heteroatoms. The second-order valence-electron chi connectivity index (χ2n) is 12.2. The SMILES string of the molecule is CCOC(=O)C1=C(C2CCN(S(=O)(=O)[C@H]3C[C@H](C(=O)OC(C)(C)C)C3)CC2)NC(c2nccs2)=NC1c1ccc(F)c(F)c1Cl. The maximum atomic E-state index is 14.6. The van der Waals surface area contributed by atoms with Gasteiger partial charge in [-0.05, 0) is 59.4 Å². The van der Waals surface area contributed by atoms with Crippen LogP contribution in [-0.2, 0) is 29.1 Å². The Kier molecular flexibility index (Phi) is 9.69. The van der Waals surface area contributed by atoms with Gasteiger partial charge in [-0.25, -0.2) is 31.3 Å². The number of sulfonamides is 1. The lowest BCUT2D eigenvalue weighted by Gasteiger charge is -2.40. The van der Waals surface area contributed by atoms with Gasteiger partial charge in [-0.3, -0.25) is 9.79 Å². The van der Waals surface area contributed by atoms with Gasteiger partial charge in [0, 0.05) is 41.8 Å². The summed E-state index contributed by atoms with van der Waals surface area (Å²) in [5.74, 6) is -3.95. The molecule has 1 saturated carbocycles. The van der Waals surface area contributed by atoms with Crippen LogP contribution in [0.1, 0.15) is 70.0 Å².